The normalized spacial score (nSPS) is 20.9. The molecule has 5 heteroatoms. The van der Waals surface area contributed by atoms with Gasteiger partial charge in [0.2, 0.25) is 0 Å². The second-order valence-corrected chi connectivity index (χ2v) is 4.47. The molecule has 0 spiro atoms. The molecule has 2 nitrogen and oxygen atoms in total. The van der Waals surface area contributed by atoms with Gasteiger partial charge in [0.1, 0.15) is 0 Å². The molecule has 0 aromatic heterocycles. The van der Waals surface area contributed by atoms with Crippen LogP contribution in [0.25, 0.3) is 0 Å². The zero-order chi connectivity index (χ0) is 13.0. The SMILES string of the molecule is FC(F)(F)c1ccc(CO[C@@H]2CCCNC2)cc1. The van der Waals surface area contributed by atoms with Gasteiger partial charge in [-0.25, -0.2) is 0 Å². The van der Waals surface area contributed by atoms with E-state index >= 15 is 0 Å². The average molecular weight is 259 g/mol. The second kappa shape index (κ2) is 5.71. The van der Waals surface area contributed by atoms with Crippen molar-refractivity contribution in [2.24, 2.45) is 0 Å². The monoisotopic (exact) mass is 259 g/mol. The highest BCUT2D eigenvalue weighted by Gasteiger charge is 2.29. The van der Waals surface area contributed by atoms with E-state index in [1.54, 1.807) is 0 Å². The van der Waals surface area contributed by atoms with Crippen molar-refractivity contribution in [3.05, 3.63) is 35.4 Å². The van der Waals surface area contributed by atoms with E-state index in [1.165, 1.54) is 12.1 Å². The lowest BCUT2D eigenvalue weighted by Gasteiger charge is -2.23. The topological polar surface area (TPSA) is 21.3 Å². The Kier molecular flexibility index (Phi) is 4.24. The Bertz CT molecular complexity index is 369. The minimum absolute atomic E-state index is 0.168. The number of rotatable bonds is 3. The predicted molar refractivity (Wildman–Crippen MR) is 62.1 cm³/mol. The van der Waals surface area contributed by atoms with Gasteiger partial charge in [-0.2, -0.15) is 13.2 Å². The lowest BCUT2D eigenvalue weighted by molar-refractivity contribution is -0.137. The number of hydrogen-bond donors (Lipinski definition) is 1. The van der Waals surface area contributed by atoms with Crippen LogP contribution in [0.4, 0.5) is 13.2 Å². The Morgan fingerprint density at radius 1 is 1.22 bits per heavy atom. The summed E-state index contributed by atoms with van der Waals surface area (Å²) in [6.07, 6.45) is -2.01. The van der Waals surface area contributed by atoms with Gasteiger partial charge in [-0.05, 0) is 37.1 Å². The summed E-state index contributed by atoms with van der Waals surface area (Å²) in [6.45, 7) is 2.20. The molecule has 0 unspecified atom stereocenters. The molecule has 0 radical (unpaired) electrons. The zero-order valence-electron chi connectivity index (χ0n) is 9.96. The summed E-state index contributed by atoms with van der Waals surface area (Å²) in [5, 5.41) is 3.23. The minimum Gasteiger partial charge on any atom is -0.372 e. The fourth-order valence-electron chi connectivity index (χ4n) is 1.97. The molecule has 1 aromatic rings. The van der Waals surface area contributed by atoms with E-state index < -0.39 is 11.7 Å². The molecular weight excluding hydrogens is 243 g/mol. The van der Waals surface area contributed by atoms with Crippen LogP contribution < -0.4 is 5.32 Å². The van der Waals surface area contributed by atoms with Gasteiger partial charge in [0, 0.05) is 6.54 Å². The summed E-state index contributed by atoms with van der Waals surface area (Å²) in [5.41, 5.74) is 0.152. The van der Waals surface area contributed by atoms with Crippen molar-refractivity contribution in [1.29, 1.82) is 0 Å². The third kappa shape index (κ3) is 3.71. The zero-order valence-corrected chi connectivity index (χ0v) is 9.96. The smallest absolute Gasteiger partial charge is 0.372 e. The predicted octanol–water partition coefficient (Wildman–Crippen LogP) is 2.97. The van der Waals surface area contributed by atoms with Gasteiger partial charge in [-0.3, -0.25) is 0 Å². The van der Waals surface area contributed by atoms with Crippen LogP contribution in [0.15, 0.2) is 24.3 Å². The van der Waals surface area contributed by atoms with Crippen molar-refractivity contribution in [3.8, 4) is 0 Å². The third-order valence-electron chi connectivity index (χ3n) is 3.02. The minimum atomic E-state index is -4.27. The highest BCUT2D eigenvalue weighted by atomic mass is 19.4. The van der Waals surface area contributed by atoms with Gasteiger partial charge < -0.3 is 10.1 Å². The molecule has 1 N–H and O–H groups in total. The molecule has 1 aromatic carbocycles. The molecule has 1 saturated heterocycles. The lowest BCUT2D eigenvalue weighted by Crippen LogP contribution is -2.35. The first kappa shape index (κ1) is 13.4. The third-order valence-corrected chi connectivity index (χ3v) is 3.02. The lowest BCUT2D eigenvalue weighted by atomic mass is 10.1. The number of piperidine rings is 1. The van der Waals surface area contributed by atoms with E-state index in [4.69, 9.17) is 4.74 Å². The van der Waals surface area contributed by atoms with Crippen molar-refractivity contribution in [1.82, 2.24) is 5.32 Å². The van der Waals surface area contributed by atoms with Gasteiger partial charge >= 0.3 is 6.18 Å². The summed E-state index contributed by atoms with van der Waals surface area (Å²) in [7, 11) is 0. The van der Waals surface area contributed by atoms with Crippen LogP contribution in [0.5, 0.6) is 0 Å². The van der Waals surface area contributed by atoms with Crippen molar-refractivity contribution in [3.63, 3.8) is 0 Å². The fraction of sp³-hybridized carbons (Fsp3) is 0.538. The van der Waals surface area contributed by atoms with Crippen LogP contribution in [0.2, 0.25) is 0 Å². The van der Waals surface area contributed by atoms with E-state index in [1.807, 2.05) is 0 Å². The van der Waals surface area contributed by atoms with Gasteiger partial charge in [0.05, 0.1) is 18.3 Å². The molecule has 1 fully saturated rings. The second-order valence-electron chi connectivity index (χ2n) is 4.47. The molecule has 1 aliphatic heterocycles. The molecule has 1 heterocycles. The van der Waals surface area contributed by atoms with Crippen LogP contribution in [0.1, 0.15) is 24.0 Å². The number of alkyl halides is 3. The van der Waals surface area contributed by atoms with Crippen molar-refractivity contribution < 1.29 is 17.9 Å². The molecule has 1 aliphatic rings. The maximum absolute atomic E-state index is 12.4. The van der Waals surface area contributed by atoms with Crippen LogP contribution in [-0.4, -0.2) is 19.2 Å². The summed E-state index contributed by atoms with van der Waals surface area (Å²) in [6, 6.07) is 5.13. The Morgan fingerprint density at radius 3 is 2.50 bits per heavy atom. The van der Waals surface area contributed by atoms with Gasteiger partial charge in [0.25, 0.3) is 0 Å². The fourth-order valence-corrected chi connectivity index (χ4v) is 1.97. The van der Waals surface area contributed by atoms with Crippen molar-refractivity contribution in [2.45, 2.75) is 31.7 Å². The van der Waals surface area contributed by atoms with Gasteiger partial charge in [-0.15, -0.1) is 0 Å². The Balaban J connectivity index is 1.86. The number of ether oxygens (including phenoxy) is 1. The number of halogens is 3. The maximum Gasteiger partial charge on any atom is 0.416 e. The molecule has 0 bridgehead atoms. The number of benzene rings is 1. The largest absolute Gasteiger partial charge is 0.416 e. The van der Waals surface area contributed by atoms with E-state index in [-0.39, 0.29) is 6.10 Å². The summed E-state index contributed by atoms with van der Waals surface area (Å²) >= 11 is 0. The standard InChI is InChI=1S/C13H16F3NO/c14-13(15,16)11-5-3-10(4-6-11)9-18-12-2-1-7-17-8-12/h3-6,12,17H,1-2,7-9H2/t12-/m1/s1. The average Bonchev–Trinajstić information content (AvgIpc) is 2.37. The molecule has 0 aliphatic carbocycles. The van der Waals surface area contributed by atoms with Crippen LogP contribution >= 0.6 is 0 Å². The first-order valence-corrected chi connectivity index (χ1v) is 6.04. The van der Waals surface area contributed by atoms with Gasteiger partial charge in [-0.1, -0.05) is 12.1 Å². The Labute approximate surface area is 104 Å². The van der Waals surface area contributed by atoms with E-state index in [2.05, 4.69) is 5.32 Å². The van der Waals surface area contributed by atoms with Crippen LogP contribution in [0.3, 0.4) is 0 Å². The summed E-state index contributed by atoms with van der Waals surface area (Å²) < 4.78 is 42.7. The summed E-state index contributed by atoms with van der Waals surface area (Å²) in [5.74, 6) is 0. The van der Waals surface area contributed by atoms with Crippen molar-refractivity contribution in [2.75, 3.05) is 13.1 Å². The summed E-state index contributed by atoms with van der Waals surface area (Å²) in [4.78, 5) is 0. The molecule has 0 saturated carbocycles. The first-order valence-electron chi connectivity index (χ1n) is 6.04. The molecule has 100 valence electrons. The van der Waals surface area contributed by atoms with Crippen molar-refractivity contribution >= 4 is 0 Å². The molecule has 0 amide bonds. The molecule has 2 rings (SSSR count). The Morgan fingerprint density at radius 2 is 1.94 bits per heavy atom. The maximum atomic E-state index is 12.4. The van der Waals surface area contributed by atoms with Gasteiger partial charge in [0.15, 0.2) is 0 Å². The highest BCUT2D eigenvalue weighted by molar-refractivity contribution is 5.24. The molecule has 1 atom stereocenters. The quantitative estimate of drug-likeness (QED) is 0.901. The van der Waals surface area contributed by atoms with E-state index in [0.717, 1.165) is 43.6 Å². The van der Waals surface area contributed by atoms with E-state index in [9.17, 15) is 13.2 Å². The van der Waals surface area contributed by atoms with Crippen LogP contribution in [-0.2, 0) is 17.5 Å². The van der Waals surface area contributed by atoms with E-state index in [0.29, 0.717) is 6.61 Å². The van der Waals surface area contributed by atoms with Crippen LogP contribution in [0, 0.1) is 0 Å². The first-order chi connectivity index (χ1) is 8.55. The molecular formula is C13H16F3NO. The number of nitrogens with one attached hydrogen (secondary N) is 1. The molecule has 18 heavy (non-hydrogen) atoms. The Hall–Kier alpha value is -1.07. The highest BCUT2D eigenvalue weighted by Crippen LogP contribution is 2.29. The number of hydrogen-bond acceptors (Lipinski definition) is 2.